The van der Waals surface area contributed by atoms with Gasteiger partial charge in [-0.15, -0.1) is 0 Å². The lowest BCUT2D eigenvalue weighted by Gasteiger charge is -2.08. The summed E-state index contributed by atoms with van der Waals surface area (Å²) in [4.78, 5) is 20.3. The highest BCUT2D eigenvalue weighted by Gasteiger charge is 2.05. The molecule has 0 unspecified atom stereocenters. The minimum absolute atomic E-state index is 0.0450. The molecule has 0 bridgehead atoms. The number of nitrogens with zero attached hydrogens (tertiary/aromatic N) is 2. The van der Waals surface area contributed by atoms with Crippen molar-refractivity contribution >= 4 is 11.6 Å². The summed E-state index contributed by atoms with van der Waals surface area (Å²) in [6.07, 6.45) is 7.05. The number of hydrogen-bond acceptors (Lipinski definition) is 4. The van der Waals surface area contributed by atoms with Crippen molar-refractivity contribution in [2.45, 2.75) is 32.6 Å². The molecule has 27 heavy (non-hydrogen) atoms. The third-order valence-electron chi connectivity index (χ3n) is 4.10. The Bertz CT molecular complexity index is 847. The summed E-state index contributed by atoms with van der Waals surface area (Å²) in [6.45, 7) is 2.19. The first kappa shape index (κ1) is 18.6. The molecule has 1 N–H and O–H groups in total. The third-order valence-corrected chi connectivity index (χ3v) is 4.10. The number of carbonyl (C=O) groups excluding carboxylic acids is 1. The molecule has 2 aromatic carbocycles. The molecule has 0 spiro atoms. The van der Waals surface area contributed by atoms with E-state index in [4.69, 9.17) is 4.74 Å². The molecule has 0 saturated carbocycles. The van der Waals surface area contributed by atoms with Crippen molar-refractivity contribution in [1.29, 1.82) is 0 Å². The van der Waals surface area contributed by atoms with Gasteiger partial charge in [0.15, 0.2) is 0 Å². The predicted molar refractivity (Wildman–Crippen MR) is 106 cm³/mol. The van der Waals surface area contributed by atoms with E-state index in [0.717, 1.165) is 17.7 Å². The number of aromatic nitrogens is 2. The van der Waals surface area contributed by atoms with E-state index in [-0.39, 0.29) is 11.9 Å². The van der Waals surface area contributed by atoms with Crippen molar-refractivity contribution < 1.29 is 9.53 Å². The van der Waals surface area contributed by atoms with Crippen LogP contribution < -0.4 is 10.1 Å². The van der Waals surface area contributed by atoms with Crippen LogP contribution >= 0.6 is 0 Å². The lowest BCUT2D eigenvalue weighted by atomic mass is 10.0. The molecule has 138 valence electrons. The molecule has 0 aliphatic heterocycles. The standard InChI is InChI=1S/C22H23N3O2/c1-2-3-5-17-6-8-18(9-7-17)16-21(26)25-19-10-12-20(13-11-19)27-22-23-14-4-15-24-22/h4,6-15H,2-3,5,16H2,1H3,(H,25,26). The Hall–Kier alpha value is -3.21. The molecule has 1 heterocycles. The molecule has 1 amide bonds. The maximum atomic E-state index is 12.3. The first-order valence-electron chi connectivity index (χ1n) is 9.15. The zero-order valence-electron chi connectivity index (χ0n) is 15.4. The Morgan fingerprint density at radius 1 is 0.963 bits per heavy atom. The van der Waals surface area contributed by atoms with E-state index in [1.54, 1.807) is 42.7 Å². The Balaban J connectivity index is 1.51. The van der Waals surface area contributed by atoms with Gasteiger partial charge in [0.05, 0.1) is 6.42 Å². The van der Waals surface area contributed by atoms with Gasteiger partial charge in [-0.2, -0.15) is 0 Å². The van der Waals surface area contributed by atoms with Crippen LogP contribution in [0.5, 0.6) is 11.8 Å². The quantitative estimate of drug-likeness (QED) is 0.626. The Morgan fingerprint density at radius 3 is 2.30 bits per heavy atom. The molecule has 3 aromatic rings. The molecule has 0 aliphatic carbocycles. The number of hydrogen-bond donors (Lipinski definition) is 1. The number of benzene rings is 2. The molecule has 0 aliphatic rings. The van der Waals surface area contributed by atoms with Gasteiger partial charge in [-0.05, 0) is 54.3 Å². The average Bonchev–Trinajstić information content (AvgIpc) is 2.70. The monoisotopic (exact) mass is 361 g/mol. The second kappa shape index (κ2) is 9.48. The second-order valence-electron chi connectivity index (χ2n) is 6.30. The molecular formula is C22H23N3O2. The Morgan fingerprint density at radius 2 is 1.63 bits per heavy atom. The van der Waals surface area contributed by atoms with E-state index in [9.17, 15) is 4.79 Å². The lowest BCUT2D eigenvalue weighted by molar-refractivity contribution is -0.115. The molecule has 0 radical (unpaired) electrons. The first-order valence-corrected chi connectivity index (χ1v) is 9.15. The van der Waals surface area contributed by atoms with E-state index in [2.05, 4.69) is 34.3 Å². The van der Waals surface area contributed by atoms with Crippen LogP contribution in [0, 0.1) is 0 Å². The number of ether oxygens (including phenoxy) is 1. The largest absolute Gasteiger partial charge is 0.424 e. The number of aryl methyl sites for hydroxylation is 1. The molecule has 5 nitrogen and oxygen atoms in total. The number of unbranched alkanes of at least 4 members (excludes halogenated alkanes) is 1. The molecule has 0 saturated heterocycles. The van der Waals surface area contributed by atoms with Crippen molar-refractivity contribution in [2.75, 3.05) is 5.32 Å². The highest BCUT2D eigenvalue weighted by atomic mass is 16.5. The van der Waals surface area contributed by atoms with E-state index in [1.807, 2.05) is 12.1 Å². The van der Waals surface area contributed by atoms with Gasteiger partial charge < -0.3 is 10.1 Å². The van der Waals surface area contributed by atoms with Gasteiger partial charge in [-0.3, -0.25) is 4.79 Å². The third kappa shape index (κ3) is 5.92. The van der Waals surface area contributed by atoms with Gasteiger partial charge in [-0.25, -0.2) is 9.97 Å². The van der Waals surface area contributed by atoms with Crippen LogP contribution in [0.3, 0.4) is 0 Å². The highest BCUT2D eigenvalue weighted by Crippen LogP contribution is 2.20. The van der Waals surface area contributed by atoms with Crippen molar-refractivity contribution in [2.24, 2.45) is 0 Å². The number of carbonyl (C=O) groups is 1. The number of anilines is 1. The molecule has 0 fully saturated rings. The van der Waals surface area contributed by atoms with Crippen molar-refractivity contribution in [3.63, 3.8) is 0 Å². The smallest absolute Gasteiger partial charge is 0.321 e. The van der Waals surface area contributed by atoms with Gasteiger partial charge in [0.2, 0.25) is 5.91 Å². The molecule has 5 heteroatoms. The minimum atomic E-state index is -0.0450. The topological polar surface area (TPSA) is 64.1 Å². The summed E-state index contributed by atoms with van der Waals surface area (Å²) in [7, 11) is 0. The zero-order valence-corrected chi connectivity index (χ0v) is 15.4. The van der Waals surface area contributed by atoms with Gasteiger partial charge in [0, 0.05) is 18.1 Å². The van der Waals surface area contributed by atoms with E-state index in [1.165, 1.54) is 18.4 Å². The Labute approximate surface area is 159 Å². The van der Waals surface area contributed by atoms with Crippen molar-refractivity contribution in [1.82, 2.24) is 9.97 Å². The maximum absolute atomic E-state index is 12.3. The summed E-state index contributed by atoms with van der Waals surface area (Å²) in [5.41, 5.74) is 3.05. The second-order valence-corrected chi connectivity index (χ2v) is 6.30. The molecular weight excluding hydrogens is 338 g/mol. The predicted octanol–water partition coefficient (Wildman–Crippen LogP) is 4.79. The van der Waals surface area contributed by atoms with Crippen LogP contribution in [-0.2, 0) is 17.6 Å². The highest BCUT2D eigenvalue weighted by molar-refractivity contribution is 5.92. The number of rotatable bonds is 8. The van der Waals surface area contributed by atoms with E-state index in [0.29, 0.717) is 12.2 Å². The van der Waals surface area contributed by atoms with Crippen LogP contribution in [0.25, 0.3) is 0 Å². The molecule has 0 atom stereocenters. The minimum Gasteiger partial charge on any atom is -0.424 e. The van der Waals surface area contributed by atoms with Crippen LogP contribution in [0.4, 0.5) is 5.69 Å². The van der Waals surface area contributed by atoms with Gasteiger partial charge >= 0.3 is 6.01 Å². The lowest BCUT2D eigenvalue weighted by Crippen LogP contribution is -2.14. The first-order chi connectivity index (χ1) is 13.2. The zero-order chi connectivity index (χ0) is 18.9. The van der Waals surface area contributed by atoms with Crippen LogP contribution in [0.1, 0.15) is 30.9 Å². The van der Waals surface area contributed by atoms with Crippen LogP contribution in [0.15, 0.2) is 67.0 Å². The summed E-state index contributed by atoms with van der Waals surface area (Å²) < 4.78 is 5.54. The number of nitrogens with one attached hydrogen (secondary N) is 1. The normalized spacial score (nSPS) is 10.4. The average molecular weight is 361 g/mol. The fraction of sp³-hybridized carbons (Fsp3) is 0.227. The van der Waals surface area contributed by atoms with Crippen LogP contribution in [-0.4, -0.2) is 15.9 Å². The molecule has 1 aromatic heterocycles. The van der Waals surface area contributed by atoms with Crippen LogP contribution in [0.2, 0.25) is 0 Å². The Kier molecular flexibility index (Phi) is 6.52. The summed E-state index contributed by atoms with van der Waals surface area (Å²) in [6, 6.07) is 17.4. The van der Waals surface area contributed by atoms with E-state index >= 15 is 0 Å². The number of amides is 1. The van der Waals surface area contributed by atoms with Crippen molar-refractivity contribution in [3.8, 4) is 11.8 Å². The molecule has 3 rings (SSSR count). The summed E-state index contributed by atoms with van der Waals surface area (Å²) in [5.74, 6) is 0.568. The SMILES string of the molecule is CCCCc1ccc(CC(=O)Nc2ccc(Oc3ncccn3)cc2)cc1. The van der Waals surface area contributed by atoms with Crippen molar-refractivity contribution in [3.05, 3.63) is 78.1 Å². The fourth-order valence-electron chi connectivity index (χ4n) is 2.65. The van der Waals surface area contributed by atoms with E-state index < -0.39 is 0 Å². The maximum Gasteiger partial charge on any atom is 0.321 e. The summed E-state index contributed by atoms with van der Waals surface area (Å²) in [5, 5.41) is 2.90. The van der Waals surface area contributed by atoms with Gasteiger partial charge in [-0.1, -0.05) is 37.6 Å². The van der Waals surface area contributed by atoms with Gasteiger partial charge in [0.1, 0.15) is 5.75 Å². The summed E-state index contributed by atoms with van der Waals surface area (Å²) >= 11 is 0. The fourth-order valence-corrected chi connectivity index (χ4v) is 2.65. The van der Waals surface area contributed by atoms with Gasteiger partial charge in [0.25, 0.3) is 0 Å².